The lowest BCUT2D eigenvalue weighted by Crippen LogP contribution is -2.34. The Morgan fingerprint density at radius 2 is 2.26 bits per heavy atom. The summed E-state index contributed by atoms with van der Waals surface area (Å²) < 4.78 is 0. The second-order valence-electron chi connectivity index (χ2n) is 5.68. The maximum Gasteiger partial charge on any atom is 0.306 e. The molecule has 2 atom stereocenters. The zero-order valence-electron chi connectivity index (χ0n) is 12.4. The Morgan fingerprint density at radius 3 is 2.96 bits per heavy atom. The van der Waals surface area contributed by atoms with Gasteiger partial charge in [0.2, 0.25) is 5.91 Å². The first-order valence-electron chi connectivity index (χ1n) is 7.49. The van der Waals surface area contributed by atoms with Crippen LogP contribution >= 0.6 is 11.3 Å². The molecule has 120 valence electrons. The number of aliphatic carboxylic acids is 1. The van der Waals surface area contributed by atoms with Gasteiger partial charge in [0.15, 0.2) is 0 Å². The number of hydrogen-bond donors (Lipinski definition) is 2. The second-order valence-corrected chi connectivity index (χ2v) is 6.53. The van der Waals surface area contributed by atoms with Crippen LogP contribution in [-0.4, -0.2) is 33.0 Å². The largest absolute Gasteiger partial charge is 0.481 e. The predicted octanol–water partition coefficient (Wildman–Crippen LogP) is 2.12. The van der Waals surface area contributed by atoms with E-state index in [1.54, 1.807) is 12.4 Å². The molecule has 0 bridgehead atoms. The van der Waals surface area contributed by atoms with E-state index in [4.69, 9.17) is 5.11 Å². The molecule has 3 rings (SSSR count). The standard InChI is InChI=1S/C16H17N3O3S/c20-14(18-12-4-3-10(6-12)16(21)22)7-13-9-23-15(19-13)11-2-1-5-17-8-11/h1-2,5,8-10,12H,3-4,6-7H2,(H,18,20)(H,21,22)/t10-,12+/m0/s1. The molecule has 0 aliphatic heterocycles. The molecule has 0 radical (unpaired) electrons. The number of hydrogen-bond acceptors (Lipinski definition) is 5. The van der Waals surface area contributed by atoms with Crippen molar-refractivity contribution in [2.24, 2.45) is 5.92 Å². The Hall–Kier alpha value is -2.28. The highest BCUT2D eigenvalue weighted by Gasteiger charge is 2.30. The van der Waals surface area contributed by atoms with Crippen LogP contribution in [0.4, 0.5) is 0 Å². The van der Waals surface area contributed by atoms with E-state index in [1.807, 2.05) is 17.5 Å². The third-order valence-electron chi connectivity index (χ3n) is 3.95. The minimum absolute atomic E-state index is 0.0416. The molecule has 2 N–H and O–H groups in total. The fourth-order valence-electron chi connectivity index (χ4n) is 2.79. The molecule has 1 fully saturated rings. The third-order valence-corrected chi connectivity index (χ3v) is 4.89. The molecule has 0 spiro atoms. The van der Waals surface area contributed by atoms with E-state index < -0.39 is 5.97 Å². The molecule has 2 aromatic rings. The van der Waals surface area contributed by atoms with E-state index >= 15 is 0 Å². The number of carboxylic acid groups (broad SMARTS) is 1. The first-order valence-corrected chi connectivity index (χ1v) is 8.37. The molecule has 23 heavy (non-hydrogen) atoms. The minimum Gasteiger partial charge on any atom is -0.481 e. The lowest BCUT2D eigenvalue weighted by atomic mass is 10.1. The number of amides is 1. The Morgan fingerprint density at radius 1 is 1.39 bits per heavy atom. The van der Waals surface area contributed by atoms with Crippen LogP contribution in [0.3, 0.4) is 0 Å². The molecular weight excluding hydrogens is 314 g/mol. The molecule has 0 unspecified atom stereocenters. The van der Waals surface area contributed by atoms with Crippen molar-refractivity contribution in [2.45, 2.75) is 31.7 Å². The Bertz CT molecular complexity index is 702. The Labute approximate surface area is 137 Å². The molecule has 6 nitrogen and oxygen atoms in total. The van der Waals surface area contributed by atoms with E-state index in [2.05, 4.69) is 15.3 Å². The summed E-state index contributed by atoms with van der Waals surface area (Å²) in [6.45, 7) is 0. The summed E-state index contributed by atoms with van der Waals surface area (Å²) in [4.78, 5) is 31.5. The monoisotopic (exact) mass is 331 g/mol. The number of thiazole rings is 1. The van der Waals surface area contributed by atoms with Crippen molar-refractivity contribution in [1.82, 2.24) is 15.3 Å². The van der Waals surface area contributed by atoms with Gasteiger partial charge in [-0.1, -0.05) is 0 Å². The van der Waals surface area contributed by atoms with Crippen LogP contribution in [0.1, 0.15) is 25.0 Å². The number of nitrogens with zero attached hydrogens (tertiary/aromatic N) is 2. The SMILES string of the molecule is O=C(Cc1csc(-c2cccnc2)n1)N[C@@H]1CC[C@H](C(=O)O)C1. The van der Waals surface area contributed by atoms with Crippen molar-refractivity contribution >= 4 is 23.2 Å². The first-order chi connectivity index (χ1) is 11.1. The van der Waals surface area contributed by atoms with Gasteiger partial charge in [-0.3, -0.25) is 14.6 Å². The van der Waals surface area contributed by atoms with E-state index in [0.29, 0.717) is 12.8 Å². The summed E-state index contributed by atoms with van der Waals surface area (Å²) in [7, 11) is 0. The van der Waals surface area contributed by atoms with Crippen molar-refractivity contribution in [3.05, 3.63) is 35.6 Å². The quantitative estimate of drug-likeness (QED) is 0.875. The molecular formula is C16H17N3O3S. The molecule has 1 amide bonds. The number of rotatable bonds is 5. The van der Waals surface area contributed by atoms with Gasteiger partial charge in [-0.2, -0.15) is 0 Å². The van der Waals surface area contributed by atoms with Gasteiger partial charge in [0.25, 0.3) is 0 Å². The molecule has 0 saturated heterocycles. The van der Waals surface area contributed by atoms with E-state index in [-0.39, 0.29) is 24.3 Å². The molecule has 0 aromatic carbocycles. The fourth-order valence-corrected chi connectivity index (χ4v) is 3.60. The fraction of sp³-hybridized carbons (Fsp3) is 0.375. The lowest BCUT2D eigenvalue weighted by molar-refractivity contribution is -0.141. The number of nitrogens with one attached hydrogen (secondary N) is 1. The Balaban J connectivity index is 1.55. The smallest absolute Gasteiger partial charge is 0.306 e. The van der Waals surface area contributed by atoms with Gasteiger partial charge < -0.3 is 10.4 Å². The van der Waals surface area contributed by atoms with Gasteiger partial charge in [-0.25, -0.2) is 4.98 Å². The molecule has 1 saturated carbocycles. The molecule has 2 heterocycles. The average Bonchev–Trinajstić information content (AvgIpc) is 3.18. The zero-order chi connectivity index (χ0) is 16.2. The van der Waals surface area contributed by atoms with Crippen LogP contribution in [0.25, 0.3) is 10.6 Å². The maximum atomic E-state index is 12.1. The van der Waals surface area contributed by atoms with Gasteiger partial charge in [-0.05, 0) is 31.4 Å². The average molecular weight is 331 g/mol. The van der Waals surface area contributed by atoms with Crippen molar-refractivity contribution in [3.63, 3.8) is 0 Å². The summed E-state index contributed by atoms with van der Waals surface area (Å²) in [5.74, 6) is -1.22. The van der Waals surface area contributed by atoms with Gasteiger partial charge in [0.1, 0.15) is 5.01 Å². The molecule has 7 heteroatoms. The van der Waals surface area contributed by atoms with E-state index in [9.17, 15) is 9.59 Å². The molecule has 2 aromatic heterocycles. The highest BCUT2D eigenvalue weighted by Crippen LogP contribution is 2.26. The van der Waals surface area contributed by atoms with Crippen LogP contribution < -0.4 is 5.32 Å². The molecule has 1 aliphatic rings. The topological polar surface area (TPSA) is 92.2 Å². The summed E-state index contributed by atoms with van der Waals surface area (Å²) in [6, 6.07) is 3.74. The maximum absolute atomic E-state index is 12.1. The van der Waals surface area contributed by atoms with Crippen LogP contribution in [0.15, 0.2) is 29.9 Å². The normalized spacial score (nSPS) is 20.3. The molecule has 1 aliphatic carbocycles. The van der Waals surface area contributed by atoms with Gasteiger partial charge in [0.05, 0.1) is 18.0 Å². The van der Waals surface area contributed by atoms with Crippen LogP contribution in [0, 0.1) is 5.92 Å². The second kappa shape index (κ2) is 6.87. The summed E-state index contributed by atoms with van der Waals surface area (Å²) in [5.41, 5.74) is 1.66. The highest BCUT2D eigenvalue weighted by atomic mass is 32.1. The number of aromatic nitrogens is 2. The number of carbonyl (C=O) groups excluding carboxylic acids is 1. The minimum atomic E-state index is -0.776. The highest BCUT2D eigenvalue weighted by molar-refractivity contribution is 7.13. The van der Waals surface area contributed by atoms with Gasteiger partial charge in [0, 0.05) is 29.4 Å². The summed E-state index contributed by atoms with van der Waals surface area (Å²) in [5, 5.41) is 14.6. The number of carboxylic acids is 1. The van der Waals surface area contributed by atoms with Crippen LogP contribution in [0.2, 0.25) is 0 Å². The first kappa shape index (κ1) is 15.6. The predicted molar refractivity (Wildman–Crippen MR) is 86.0 cm³/mol. The lowest BCUT2D eigenvalue weighted by Gasteiger charge is -2.11. The third kappa shape index (κ3) is 3.92. The summed E-state index contributed by atoms with van der Waals surface area (Å²) >= 11 is 1.48. The van der Waals surface area contributed by atoms with Crippen molar-refractivity contribution in [2.75, 3.05) is 0 Å². The van der Waals surface area contributed by atoms with Crippen LogP contribution in [-0.2, 0) is 16.0 Å². The Kier molecular flexibility index (Phi) is 4.66. The number of carbonyl (C=O) groups is 2. The van der Waals surface area contributed by atoms with Crippen LogP contribution in [0.5, 0.6) is 0 Å². The van der Waals surface area contributed by atoms with E-state index in [1.165, 1.54) is 11.3 Å². The van der Waals surface area contributed by atoms with Gasteiger partial charge >= 0.3 is 5.97 Å². The zero-order valence-corrected chi connectivity index (χ0v) is 13.3. The van der Waals surface area contributed by atoms with E-state index in [0.717, 1.165) is 22.7 Å². The van der Waals surface area contributed by atoms with Crippen molar-refractivity contribution in [1.29, 1.82) is 0 Å². The summed E-state index contributed by atoms with van der Waals surface area (Å²) in [6.07, 6.45) is 5.53. The van der Waals surface area contributed by atoms with Gasteiger partial charge in [-0.15, -0.1) is 11.3 Å². The van der Waals surface area contributed by atoms with Crippen molar-refractivity contribution in [3.8, 4) is 10.6 Å². The number of pyridine rings is 1. The van der Waals surface area contributed by atoms with Crippen molar-refractivity contribution < 1.29 is 14.7 Å².